The fourth-order valence-corrected chi connectivity index (χ4v) is 4.24. The summed E-state index contributed by atoms with van der Waals surface area (Å²) >= 11 is 0. The summed E-state index contributed by atoms with van der Waals surface area (Å²) in [6, 6.07) is 7.47. The number of rotatable bonds is 5. The first-order valence-corrected chi connectivity index (χ1v) is 10.2. The van der Waals surface area contributed by atoms with Gasteiger partial charge in [0.2, 0.25) is 5.91 Å². The second-order valence-corrected chi connectivity index (χ2v) is 7.96. The van der Waals surface area contributed by atoms with Gasteiger partial charge in [-0.1, -0.05) is 12.1 Å². The van der Waals surface area contributed by atoms with Crippen molar-refractivity contribution < 1.29 is 23.8 Å². The van der Waals surface area contributed by atoms with Crippen LogP contribution in [-0.2, 0) is 14.3 Å². The van der Waals surface area contributed by atoms with E-state index in [2.05, 4.69) is 10.6 Å². The lowest BCUT2D eigenvalue weighted by Gasteiger charge is -2.39. The summed E-state index contributed by atoms with van der Waals surface area (Å²) in [5.41, 5.74) is 0.179. The molecule has 1 aromatic rings. The number of hydrogen-bond acceptors (Lipinski definition) is 5. The van der Waals surface area contributed by atoms with Gasteiger partial charge in [0.05, 0.1) is 24.8 Å². The third-order valence-electron chi connectivity index (χ3n) is 5.85. The van der Waals surface area contributed by atoms with Crippen LogP contribution in [0.4, 0.5) is 0 Å². The number of carbonyl (C=O) groups excluding carboxylic acids is 2. The van der Waals surface area contributed by atoms with Crippen molar-refractivity contribution in [3.8, 4) is 5.75 Å². The number of amides is 2. The maximum Gasteiger partial charge on any atom is 0.255 e. The number of benzene rings is 1. The summed E-state index contributed by atoms with van der Waals surface area (Å²) in [5, 5.41) is 6.05. The van der Waals surface area contributed by atoms with Crippen molar-refractivity contribution >= 4 is 11.8 Å². The summed E-state index contributed by atoms with van der Waals surface area (Å²) in [4.78, 5) is 24.4. The zero-order chi connectivity index (χ0) is 19.4. The molecule has 0 bridgehead atoms. The molecular formula is C21H28N2O5. The van der Waals surface area contributed by atoms with Crippen molar-refractivity contribution in [2.45, 2.75) is 56.3 Å². The highest BCUT2D eigenvalue weighted by molar-refractivity contribution is 5.97. The van der Waals surface area contributed by atoms with E-state index in [0.29, 0.717) is 24.5 Å². The van der Waals surface area contributed by atoms with Crippen molar-refractivity contribution in [1.29, 1.82) is 0 Å². The van der Waals surface area contributed by atoms with E-state index < -0.39 is 5.60 Å². The van der Waals surface area contributed by atoms with Crippen molar-refractivity contribution in [2.75, 3.05) is 26.4 Å². The topological polar surface area (TPSA) is 85.9 Å². The molecular weight excluding hydrogens is 360 g/mol. The molecule has 2 fully saturated rings. The van der Waals surface area contributed by atoms with Crippen LogP contribution in [0.2, 0.25) is 0 Å². The highest BCUT2D eigenvalue weighted by Crippen LogP contribution is 2.36. The lowest BCUT2D eigenvalue weighted by atomic mass is 9.81. The maximum atomic E-state index is 12.3. The van der Waals surface area contributed by atoms with Crippen LogP contribution < -0.4 is 15.4 Å². The highest BCUT2D eigenvalue weighted by Gasteiger charge is 2.40. The molecule has 7 heteroatoms. The minimum absolute atomic E-state index is 0.0709. The molecule has 2 heterocycles. The Morgan fingerprint density at radius 3 is 2.86 bits per heavy atom. The van der Waals surface area contributed by atoms with E-state index in [1.54, 1.807) is 6.07 Å². The molecule has 28 heavy (non-hydrogen) atoms. The van der Waals surface area contributed by atoms with Gasteiger partial charge in [-0.25, -0.2) is 0 Å². The van der Waals surface area contributed by atoms with Gasteiger partial charge in [0, 0.05) is 12.6 Å². The number of fused-ring (bicyclic) bond motifs is 1. The summed E-state index contributed by atoms with van der Waals surface area (Å²) in [6.45, 7) is 1.83. The molecule has 1 aromatic carbocycles. The van der Waals surface area contributed by atoms with E-state index in [1.165, 1.54) is 0 Å². The molecule has 2 aliphatic heterocycles. The molecule has 0 aromatic heterocycles. The van der Waals surface area contributed by atoms with Gasteiger partial charge in [0.1, 0.15) is 18.0 Å². The first-order chi connectivity index (χ1) is 13.6. The third kappa shape index (κ3) is 4.47. The molecule has 1 saturated carbocycles. The van der Waals surface area contributed by atoms with E-state index in [1.807, 2.05) is 18.2 Å². The van der Waals surface area contributed by atoms with Crippen LogP contribution in [0, 0.1) is 0 Å². The van der Waals surface area contributed by atoms with Gasteiger partial charge in [-0.2, -0.15) is 0 Å². The Hall–Kier alpha value is -2.12. The Kier molecular flexibility index (Phi) is 5.82. The molecule has 152 valence electrons. The molecule has 3 aliphatic rings. The molecule has 7 nitrogen and oxygen atoms in total. The van der Waals surface area contributed by atoms with Crippen molar-refractivity contribution in [3.63, 3.8) is 0 Å². The van der Waals surface area contributed by atoms with E-state index in [0.717, 1.165) is 45.1 Å². The maximum absolute atomic E-state index is 12.3. The predicted octanol–water partition coefficient (Wildman–Crippen LogP) is 1.80. The number of ether oxygens (including phenoxy) is 3. The minimum Gasteiger partial charge on any atom is -0.485 e. The predicted molar refractivity (Wildman–Crippen MR) is 102 cm³/mol. The monoisotopic (exact) mass is 388 g/mol. The number of hydrogen-bond donors (Lipinski definition) is 2. The molecule has 4 rings (SSSR count). The standard InChI is InChI=1S/C21H28N2O5/c24-19(13-26-12-16-4-3-11-27-16)23-15-7-9-21(10-8-15)14-22-20(25)17-5-1-2-6-18(17)28-21/h1-2,5-6,15-16H,3-4,7-14H2,(H,22,25)(H,23,24)/t15?,16-,21?/m1/s1. The van der Waals surface area contributed by atoms with Crippen LogP contribution in [0.3, 0.4) is 0 Å². The molecule has 0 radical (unpaired) electrons. The molecule has 1 aliphatic carbocycles. The fraction of sp³-hybridized carbons (Fsp3) is 0.619. The number of carbonyl (C=O) groups is 2. The average molecular weight is 388 g/mol. The molecule has 1 atom stereocenters. The van der Waals surface area contributed by atoms with E-state index in [9.17, 15) is 9.59 Å². The lowest BCUT2D eigenvalue weighted by Crippen LogP contribution is -2.51. The Bertz CT molecular complexity index is 709. The van der Waals surface area contributed by atoms with Gasteiger partial charge in [-0.3, -0.25) is 9.59 Å². The fourth-order valence-electron chi connectivity index (χ4n) is 4.24. The van der Waals surface area contributed by atoms with E-state index >= 15 is 0 Å². The average Bonchev–Trinajstić information content (AvgIpc) is 3.17. The second-order valence-electron chi connectivity index (χ2n) is 7.96. The first kappa shape index (κ1) is 19.2. The van der Waals surface area contributed by atoms with Gasteiger partial charge >= 0.3 is 0 Å². The van der Waals surface area contributed by atoms with Gasteiger partial charge < -0.3 is 24.8 Å². The Morgan fingerprint density at radius 1 is 1.25 bits per heavy atom. The Balaban J connectivity index is 1.25. The smallest absolute Gasteiger partial charge is 0.255 e. The van der Waals surface area contributed by atoms with Crippen LogP contribution >= 0.6 is 0 Å². The summed E-state index contributed by atoms with van der Waals surface area (Å²) in [7, 11) is 0. The van der Waals surface area contributed by atoms with Gasteiger partial charge in [-0.05, 0) is 50.7 Å². The third-order valence-corrected chi connectivity index (χ3v) is 5.85. The molecule has 0 unspecified atom stereocenters. The normalized spacial score (nSPS) is 29.5. The van der Waals surface area contributed by atoms with E-state index in [4.69, 9.17) is 14.2 Å². The highest BCUT2D eigenvalue weighted by atomic mass is 16.5. The van der Waals surface area contributed by atoms with Crippen LogP contribution in [0.25, 0.3) is 0 Å². The van der Waals surface area contributed by atoms with Crippen LogP contribution in [0.1, 0.15) is 48.9 Å². The molecule has 1 spiro atoms. The zero-order valence-corrected chi connectivity index (χ0v) is 16.1. The van der Waals surface area contributed by atoms with Crippen LogP contribution in [-0.4, -0.2) is 55.9 Å². The quantitative estimate of drug-likeness (QED) is 0.803. The Labute approximate surface area is 165 Å². The van der Waals surface area contributed by atoms with Crippen molar-refractivity contribution in [2.24, 2.45) is 0 Å². The largest absolute Gasteiger partial charge is 0.485 e. The number of nitrogens with one attached hydrogen (secondary N) is 2. The van der Waals surface area contributed by atoms with Gasteiger partial charge in [-0.15, -0.1) is 0 Å². The number of para-hydroxylation sites is 1. The van der Waals surface area contributed by atoms with Crippen LogP contribution in [0.5, 0.6) is 5.75 Å². The van der Waals surface area contributed by atoms with Crippen molar-refractivity contribution in [3.05, 3.63) is 29.8 Å². The summed E-state index contributed by atoms with van der Waals surface area (Å²) in [6.07, 6.45) is 5.40. The van der Waals surface area contributed by atoms with Gasteiger partial charge in [0.15, 0.2) is 0 Å². The molecule has 2 N–H and O–H groups in total. The lowest BCUT2D eigenvalue weighted by molar-refractivity contribution is -0.128. The first-order valence-electron chi connectivity index (χ1n) is 10.2. The van der Waals surface area contributed by atoms with Crippen molar-refractivity contribution in [1.82, 2.24) is 10.6 Å². The Morgan fingerprint density at radius 2 is 2.07 bits per heavy atom. The van der Waals surface area contributed by atoms with E-state index in [-0.39, 0.29) is 30.6 Å². The minimum atomic E-state index is -0.403. The molecule has 1 saturated heterocycles. The summed E-state index contributed by atoms with van der Waals surface area (Å²) in [5.74, 6) is 0.466. The zero-order valence-electron chi connectivity index (χ0n) is 16.1. The molecule has 2 amide bonds. The van der Waals surface area contributed by atoms with Crippen LogP contribution in [0.15, 0.2) is 24.3 Å². The second kappa shape index (κ2) is 8.49. The van der Waals surface area contributed by atoms with Gasteiger partial charge in [0.25, 0.3) is 5.91 Å². The summed E-state index contributed by atoms with van der Waals surface area (Å²) < 4.78 is 17.3. The SMILES string of the molecule is O=C(COC[C@H]1CCCO1)NC1CCC2(CC1)CNC(=O)c1ccccc1O2.